The minimum absolute atomic E-state index is 0.0644. The van der Waals surface area contributed by atoms with Gasteiger partial charge in [0.1, 0.15) is 0 Å². The van der Waals surface area contributed by atoms with Crippen molar-refractivity contribution in [2.45, 2.75) is 38.1 Å². The van der Waals surface area contributed by atoms with Crippen molar-refractivity contribution in [2.75, 3.05) is 17.3 Å². The van der Waals surface area contributed by atoms with Gasteiger partial charge in [-0.25, -0.2) is 13.2 Å². The Hall–Kier alpha value is -1.54. The highest BCUT2D eigenvalue weighted by atomic mass is 32.2. The zero-order valence-electron chi connectivity index (χ0n) is 14.0. The predicted octanol–water partition coefficient (Wildman–Crippen LogP) is 1.72. The number of aryl methyl sites for hydroxylation is 3. The maximum Gasteiger partial charge on any atom is 0.321 e. The summed E-state index contributed by atoms with van der Waals surface area (Å²) in [5, 5.41) is 4.78. The second-order valence-electron chi connectivity index (χ2n) is 6.14. The molecule has 8 heteroatoms. The third-order valence-electron chi connectivity index (χ3n) is 3.77. The summed E-state index contributed by atoms with van der Waals surface area (Å²) < 4.78 is 22.7. The lowest BCUT2D eigenvalue weighted by Gasteiger charge is -2.12. The number of urea groups is 1. The van der Waals surface area contributed by atoms with Gasteiger partial charge in [-0.1, -0.05) is 17.7 Å². The van der Waals surface area contributed by atoms with Gasteiger partial charge in [-0.3, -0.25) is 10.1 Å². The van der Waals surface area contributed by atoms with Crippen molar-refractivity contribution in [2.24, 2.45) is 0 Å². The van der Waals surface area contributed by atoms with Crippen LogP contribution in [0.4, 0.5) is 4.79 Å². The fourth-order valence-electron chi connectivity index (χ4n) is 2.83. The molecule has 0 aliphatic carbocycles. The zero-order chi connectivity index (χ0) is 17.9. The maximum absolute atomic E-state index is 11.9. The summed E-state index contributed by atoms with van der Waals surface area (Å²) in [6, 6.07) is 3.05. The van der Waals surface area contributed by atoms with E-state index in [9.17, 15) is 18.0 Å². The van der Waals surface area contributed by atoms with E-state index in [1.54, 1.807) is 0 Å². The van der Waals surface area contributed by atoms with Crippen LogP contribution in [-0.4, -0.2) is 43.7 Å². The fraction of sp³-hybridized carbons (Fsp3) is 0.500. The van der Waals surface area contributed by atoms with E-state index in [1.165, 1.54) is 17.3 Å². The highest BCUT2D eigenvalue weighted by Gasteiger charge is 2.29. The fourth-order valence-corrected chi connectivity index (χ4v) is 5.42. The molecule has 2 rings (SSSR count). The van der Waals surface area contributed by atoms with E-state index in [1.807, 2.05) is 20.8 Å². The van der Waals surface area contributed by atoms with Gasteiger partial charge in [-0.05, 0) is 38.3 Å². The van der Waals surface area contributed by atoms with Crippen LogP contribution in [-0.2, 0) is 14.6 Å². The first-order chi connectivity index (χ1) is 11.2. The second-order valence-corrected chi connectivity index (χ2v) is 9.35. The molecule has 1 aliphatic heterocycles. The summed E-state index contributed by atoms with van der Waals surface area (Å²) in [5.41, 5.74) is 3.38. The average Bonchev–Trinajstić information content (AvgIpc) is 2.76. The molecular formula is C16H22N2O4S2. The number of carbonyl (C=O) groups excluding carboxylic acids is 2. The Kier molecular flexibility index (Phi) is 5.92. The summed E-state index contributed by atoms with van der Waals surface area (Å²) in [4.78, 5) is 24.7. The van der Waals surface area contributed by atoms with E-state index < -0.39 is 27.8 Å². The van der Waals surface area contributed by atoms with Crippen LogP contribution in [0, 0.1) is 20.8 Å². The molecule has 1 aromatic carbocycles. The zero-order valence-corrected chi connectivity index (χ0v) is 15.6. The molecule has 0 radical (unpaired) electrons. The number of rotatable bonds is 4. The molecule has 0 aromatic heterocycles. The number of amides is 3. The van der Waals surface area contributed by atoms with Crippen molar-refractivity contribution in [1.82, 2.24) is 10.6 Å². The van der Waals surface area contributed by atoms with Gasteiger partial charge in [-0.15, -0.1) is 11.8 Å². The van der Waals surface area contributed by atoms with Crippen molar-refractivity contribution in [3.8, 4) is 0 Å². The topological polar surface area (TPSA) is 92.3 Å². The molecule has 6 nitrogen and oxygen atoms in total. The van der Waals surface area contributed by atoms with Crippen molar-refractivity contribution in [3.05, 3.63) is 28.8 Å². The van der Waals surface area contributed by atoms with Crippen LogP contribution in [0.15, 0.2) is 17.0 Å². The number of nitrogens with one attached hydrogen (secondary N) is 2. The van der Waals surface area contributed by atoms with Crippen LogP contribution >= 0.6 is 11.8 Å². The van der Waals surface area contributed by atoms with E-state index >= 15 is 0 Å². The van der Waals surface area contributed by atoms with Crippen molar-refractivity contribution < 1.29 is 18.0 Å². The molecule has 24 heavy (non-hydrogen) atoms. The molecule has 0 spiro atoms. The number of imide groups is 1. The Morgan fingerprint density at radius 2 is 1.83 bits per heavy atom. The van der Waals surface area contributed by atoms with E-state index in [-0.39, 0.29) is 17.3 Å². The first-order valence-electron chi connectivity index (χ1n) is 7.68. The van der Waals surface area contributed by atoms with Gasteiger partial charge in [-0.2, -0.15) is 0 Å². The number of benzene rings is 1. The first-order valence-corrected chi connectivity index (χ1v) is 10.5. The van der Waals surface area contributed by atoms with Gasteiger partial charge in [0.05, 0.1) is 17.3 Å². The largest absolute Gasteiger partial charge is 0.334 e. The summed E-state index contributed by atoms with van der Waals surface area (Å²) in [7, 11) is -3.06. The summed E-state index contributed by atoms with van der Waals surface area (Å²) >= 11 is 1.39. The highest BCUT2D eigenvalue weighted by molar-refractivity contribution is 8.00. The van der Waals surface area contributed by atoms with Crippen molar-refractivity contribution in [1.29, 1.82) is 0 Å². The number of carbonyl (C=O) groups is 2. The Morgan fingerprint density at radius 1 is 1.21 bits per heavy atom. The monoisotopic (exact) mass is 370 g/mol. The number of hydrogen-bond donors (Lipinski definition) is 2. The van der Waals surface area contributed by atoms with Crippen LogP contribution in [0.1, 0.15) is 23.1 Å². The Balaban J connectivity index is 1.82. The number of hydrogen-bond acceptors (Lipinski definition) is 5. The summed E-state index contributed by atoms with van der Waals surface area (Å²) in [6.45, 7) is 6.01. The first kappa shape index (κ1) is 18.8. The molecule has 1 aromatic rings. The molecule has 1 atom stereocenters. The smallest absolute Gasteiger partial charge is 0.321 e. The van der Waals surface area contributed by atoms with E-state index in [4.69, 9.17) is 0 Å². The molecule has 132 valence electrons. The minimum atomic E-state index is -3.06. The normalized spacial score (nSPS) is 19.0. The average molecular weight is 370 g/mol. The lowest BCUT2D eigenvalue weighted by molar-refractivity contribution is -0.117. The molecule has 0 saturated carbocycles. The third-order valence-corrected chi connectivity index (χ3v) is 6.88. The van der Waals surface area contributed by atoms with Gasteiger partial charge in [0.2, 0.25) is 5.91 Å². The van der Waals surface area contributed by atoms with Crippen molar-refractivity contribution >= 4 is 33.5 Å². The lowest BCUT2D eigenvalue weighted by Crippen LogP contribution is -2.45. The summed E-state index contributed by atoms with van der Waals surface area (Å²) in [6.07, 6.45) is 0.389. The van der Waals surface area contributed by atoms with Gasteiger partial charge in [0, 0.05) is 10.9 Å². The molecular weight excluding hydrogens is 348 g/mol. The molecule has 1 fully saturated rings. The molecule has 3 amide bonds. The van der Waals surface area contributed by atoms with Gasteiger partial charge in [0.15, 0.2) is 9.84 Å². The van der Waals surface area contributed by atoms with Crippen LogP contribution in [0.5, 0.6) is 0 Å². The van der Waals surface area contributed by atoms with Crippen molar-refractivity contribution in [3.63, 3.8) is 0 Å². The van der Waals surface area contributed by atoms with Crippen LogP contribution < -0.4 is 10.6 Å². The number of sulfone groups is 1. The Labute approximate surface area is 146 Å². The Bertz CT molecular complexity index is 736. The quantitative estimate of drug-likeness (QED) is 0.787. The van der Waals surface area contributed by atoms with Crippen LogP contribution in [0.25, 0.3) is 0 Å². The van der Waals surface area contributed by atoms with Gasteiger partial charge in [0.25, 0.3) is 0 Å². The van der Waals surface area contributed by atoms with E-state index in [2.05, 4.69) is 22.8 Å². The maximum atomic E-state index is 11.9. The SMILES string of the molecule is Cc1cc(C)c(SCC(=O)NC(=O)NC2CCS(=O)(=O)C2)c(C)c1. The minimum Gasteiger partial charge on any atom is -0.334 e. The van der Waals surface area contributed by atoms with E-state index in [0.29, 0.717) is 6.42 Å². The lowest BCUT2D eigenvalue weighted by atomic mass is 10.1. The molecule has 2 N–H and O–H groups in total. The predicted molar refractivity (Wildman–Crippen MR) is 95.1 cm³/mol. The van der Waals surface area contributed by atoms with Gasteiger partial charge < -0.3 is 5.32 Å². The van der Waals surface area contributed by atoms with Crippen LogP contribution in [0.3, 0.4) is 0 Å². The summed E-state index contributed by atoms with van der Waals surface area (Å²) in [5.74, 6) is -0.266. The van der Waals surface area contributed by atoms with Crippen LogP contribution in [0.2, 0.25) is 0 Å². The third kappa shape index (κ3) is 5.24. The standard InChI is InChI=1S/C16H22N2O4S2/c1-10-6-11(2)15(12(3)7-10)23-8-14(19)18-16(20)17-13-4-5-24(21,22)9-13/h6-7,13H,4-5,8-9H2,1-3H3,(H2,17,18,19,20). The highest BCUT2D eigenvalue weighted by Crippen LogP contribution is 2.27. The Morgan fingerprint density at radius 3 is 2.38 bits per heavy atom. The second kappa shape index (κ2) is 7.57. The molecule has 1 unspecified atom stereocenters. The van der Waals surface area contributed by atoms with E-state index in [0.717, 1.165) is 16.0 Å². The molecule has 1 aliphatic rings. The van der Waals surface area contributed by atoms with Gasteiger partial charge >= 0.3 is 6.03 Å². The number of thioether (sulfide) groups is 1. The molecule has 1 heterocycles. The molecule has 0 bridgehead atoms. The molecule has 1 saturated heterocycles.